The summed E-state index contributed by atoms with van der Waals surface area (Å²) in [5, 5.41) is 13.6. The van der Waals surface area contributed by atoms with Crippen molar-refractivity contribution >= 4 is 40.7 Å². The molecule has 50 heavy (non-hydrogen) atoms. The van der Waals surface area contributed by atoms with Crippen LogP contribution in [0.15, 0.2) is 48.0 Å². The first-order chi connectivity index (χ1) is 24.2. The fourth-order valence-corrected chi connectivity index (χ4v) is 7.34. The minimum atomic E-state index is -0.877. The first kappa shape index (κ1) is 37.7. The number of likely N-dealkylation sites (tertiary alicyclic amines) is 1. The van der Waals surface area contributed by atoms with Gasteiger partial charge in [-0.1, -0.05) is 44.2 Å². The van der Waals surface area contributed by atoms with Crippen molar-refractivity contribution in [2.75, 3.05) is 45.5 Å². The van der Waals surface area contributed by atoms with E-state index in [9.17, 15) is 19.5 Å². The van der Waals surface area contributed by atoms with Gasteiger partial charge < -0.3 is 34.4 Å². The maximum Gasteiger partial charge on any atom is 0.255 e. The number of nitrogens with one attached hydrogen (secondary N) is 1. The van der Waals surface area contributed by atoms with Gasteiger partial charge in [0.15, 0.2) is 0 Å². The highest BCUT2D eigenvalue weighted by Gasteiger charge is 2.45. The maximum atomic E-state index is 14.1. The van der Waals surface area contributed by atoms with Crippen LogP contribution in [0.4, 0.5) is 0 Å². The van der Waals surface area contributed by atoms with E-state index in [1.54, 1.807) is 27.8 Å². The third kappa shape index (κ3) is 9.21. The molecule has 270 valence electrons. The number of aromatic nitrogens is 1. The summed E-state index contributed by atoms with van der Waals surface area (Å²) in [6, 6.07) is 11.6. The average Bonchev–Trinajstić information content (AvgIpc) is 3.81. The third-order valence-corrected chi connectivity index (χ3v) is 10.2. The molecule has 0 bridgehead atoms. The molecule has 3 heterocycles. The Bertz CT molecular complexity index is 1620. The summed E-state index contributed by atoms with van der Waals surface area (Å²) in [5.74, 6) is 0.0932. The number of hydrogen-bond donors (Lipinski definition) is 2. The van der Waals surface area contributed by atoms with E-state index >= 15 is 0 Å². The lowest BCUT2D eigenvalue weighted by Gasteiger charge is -2.35. The summed E-state index contributed by atoms with van der Waals surface area (Å²) < 4.78 is 17.4. The summed E-state index contributed by atoms with van der Waals surface area (Å²) in [7, 11) is 0. The second-order valence-corrected chi connectivity index (χ2v) is 14.2. The molecule has 2 unspecified atom stereocenters. The van der Waals surface area contributed by atoms with Gasteiger partial charge in [0.2, 0.25) is 11.8 Å². The van der Waals surface area contributed by atoms with Crippen LogP contribution in [-0.4, -0.2) is 101 Å². The molecule has 3 amide bonds. The number of aliphatic hydroxyl groups is 1. The average molecular weight is 727 g/mol. The smallest absolute Gasteiger partial charge is 0.255 e. The number of halogens is 1. The number of fused-ring (bicyclic) bond motifs is 1. The van der Waals surface area contributed by atoms with Crippen LogP contribution >= 0.6 is 22.9 Å². The molecule has 0 saturated carbocycles. The van der Waals surface area contributed by atoms with Crippen LogP contribution in [0.25, 0.3) is 10.4 Å². The predicted octanol–water partition coefficient (Wildman–Crippen LogP) is 4.81. The summed E-state index contributed by atoms with van der Waals surface area (Å²) in [5.41, 5.74) is 5.93. The molecule has 1 aromatic heterocycles. The predicted molar refractivity (Wildman–Crippen MR) is 192 cm³/mol. The fourth-order valence-electron chi connectivity index (χ4n) is 6.43. The van der Waals surface area contributed by atoms with Crippen molar-refractivity contribution in [2.24, 2.45) is 5.92 Å². The monoisotopic (exact) mass is 726 g/mol. The standard InChI is InChI=1S/C37H47ClN4O7S/c1-24(2)33(42-21-28-8-4-5-9-30(28)36(42)45)37(46)41-22-29(43)19-31(41)35(44)39-20-27-11-10-26(34-25(3)40-23-50-34)18-32(27)49-15-7-14-48-17-16-47-13-6-12-38/h4-5,8-11,18,23-24,29,31,33,43H,6-7,12-17,19-22H2,1-3H3,(H,39,44)/t29?,31?,33-/m0/s1. The van der Waals surface area contributed by atoms with E-state index in [2.05, 4.69) is 10.3 Å². The molecule has 1 fully saturated rings. The van der Waals surface area contributed by atoms with Gasteiger partial charge in [0.05, 0.1) is 42.0 Å². The number of alkyl halides is 1. The first-order valence-electron chi connectivity index (χ1n) is 17.2. The second kappa shape index (κ2) is 18.1. The summed E-state index contributed by atoms with van der Waals surface area (Å²) in [4.78, 5) is 49.6. The number of thiazole rings is 1. The summed E-state index contributed by atoms with van der Waals surface area (Å²) in [6.45, 7) is 8.81. The van der Waals surface area contributed by atoms with Crippen LogP contribution in [0.5, 0.6) is 5.75 Å². The van der Waals surface area contributed by atoms with Crippen molar-refractivity contribution in [3.63, 3.8) is 0 Å². The lowest BCUT2D eigenvalue weighted by molar-refractivity contribution is -0.143. The van der Waals surface area contributed by atoms with E-state index in [0.29, 0.717) is 63.2 Å². The van der Waals surface area contributed by atoms with Crippen LogP contribution in [0.3, 0.4) is 0 Å². The highest BCUT2D eigenvalue weighted by Crippen LogP contribution is 2.33. The highest BCUT2D eigenvalue weighted by atomic mass is 35.5. The van der Waals surface area contributed by atoms with Crippen molar-refractivity contribution in [3.8, 4) is 16.2 Å². The van der Waals surface area contributed by atoms with Crippen LogP contribution in [0.1, 0.15) is 60.3 Å². The van der Waals surface area contributed by atoms with Gasteiger partial charge >= 0.3 is 0 Å². The summed E-state index contributed by atoms with van der Waals surface area (Å²) >= 11 is 7.22. The first-order valence-corrected chi connectivity index (χ1v) is 18.6. The molecule has 3 atom stereocenters. The molecule has 0 radical (unpaired) electrons. The zero-order chi connectivity index (χ0) is 35.6. The number of aliphatic hydroxyl groups excluding tert-OH is 1. The van der Waals surface area contributed by atoms with Crippen LogP contribution in [-0.2, 0) is 32.2 Å². The molecule has 2 aliphatic rings. The molecule has 13 heteroatoms. The number of rotatable bonds is 18. The van der Waals surface area contributed by atoms with Gasteiger partial charge in [-0.2, -0.15) is 0 Å². The van der Waals surface area contributed by atoms with Crippen molar-refractivity contribution in [2.45, 2.75) is 71.3 Å². The zero-order valence-electron chi connectivity index (χ0n) is 28.9. The highest BCUT2D eigenvalue weighted by molar-refractivity contribution is 7.13. The van der Waals surface area contributed by atoms with Crippen molar-refractivity contribution in [1.82, 2.24) is 20.1 Å². The largest absolute Gasteiger partial charge is 0.493 e. The molecule has 0 aliphatic carbocycles. The Balaban J connectivity index is 1.23. The zero-order valence-corrected chi connectivity index (χ0v) is 30.5. The van der Waals surface area contributed by atoms with E-state index in [1.165, 1.54) is 4.90 Å². The number of amides is 3. The van der Waals surface area contributed by atoms with E-state index in [1.807, 2.05) is 57.2 Å². The molecule has 0 spiro atoms. The Labute approximate surface area is 302 Å². The number of carbonyl (C=O) groups is 3. The number of nitrogens with zero attached hydrogens (tertiary/aromatic N) is 3. The molecule has 3 aromatic rings. The van der Waals surface area contributed by atoms with Crippen molar-refractivity contribution in [1.29, 1.82) is 0 Å². The minimum Gasteiger partial charge on any atom is -0.493 e. The Hall–Kier alpha value is -3.55. The summed E-state index contributed by atoms with van der Waals surface area (Å²) in [6.07, 6.45) is 0.734. The maximum absolute atomic E-state index is 14.1. The molecular weight excluding hydrogens is 680 g/mol. The van der Waals surface area contributed by atoms with Crippen LogP contribution in [0.2, 0.25) is 0 Å². The lowest BCUT2D eigenvalue weighted by Crippen LogP contribution is -2.55. The molecule has 2 aliphatic heterocycles. The minimum absolute atomic E-state index is 0.0218. The molecule has 1 saturated heterocycles. The lowest BCUT2D eigenvalue weighted by atomic mass is 10.0. The molecule has 5 rings (SSSR count). The second-order valence-electron chi connectivity index (χ2n) is 13.0. The van der Waals surface area contributed by atoms with Gasteiger partial charge in [-0.05, 0) is 42.5 Å². The van der Waals surface area contributed by atoms with Crippen molar-refractivity contribution in [3.05, 3.63) is 70.4 Å². The van der Waals surface area contributed by atoms with Gasteiger partial charge in [-0.3, -0.25) is 14.4 Å². The van der Waals surface area contributed by atoms with E-state index in [0.717, 1.165) is 33.7 Å². The number of ether oxygens (including phenoxy) is 3. The van der Waals surface area contributed by atoms with Gasteiger partial charge in [-0.25, -0.2) is 4.98 Å². The van der Waals surface area contributed by atoms with E-state index < -0.39 is 18.2 Å². The van der Waals surface area contributed by atoms with Crippen molar-refractivity contribution < 1.29 is 33.7 Å². The number of aryl methyl sites for hydroxylation is 1. The topological polar surface area (TPSA) is 131 Å². The Kier molecular flexibility index (Phi) is 13.6. The van der Waals surface area contributed by atoms with Gasteiger partial charge in [0.1, 0.15) is 17.8 Å². The molecular formula is C37H47ClN4O7S. The van der Waals surface area contributed by atoms with E-state index in [4.69, 9.17) is 25.8 Å². The number of hydrogen-bond acceptors (Lipinski definition) is 9. The fraction of sp³-hybridized carbons (Fsp3) is 0.514. The molecule has 11 nitrogen and oxygen atoms in total. The molecule has 2 aromatic carbocycles. The Morgan fingerprint density at radius 2 is 1.84 bits per heavy atom. The van der Waals surface area contributed by atoms with Gasteiger partial charge in [0.25, 0.3) is 5.91 Å². The Morgan fingerprint density at radius 3 is 2.54 bits per heavy atom. The van der Waals surface area contributed by atoms with Crippen LogP contribution < -0.4 is 10.1 Å². The number of β-amino-alcohol motifs (C(OH)–C–C–N with tert-alkyl or cyclic N) is 1. The quantitative estimate of drug-likeness (QED) is 0.141. The third-order valence-electron chi connectivity index (χ3n) is 8.95. The molecule has 2 N–H and O–H groups in total. The van der Waals surface area contributed by atoms with Gasteiger partial charge in [-0.15, -0.1) is 22.9 Å². The van der Waals surface area contributed by atoms with Crippen LogP contribution in [0, 0.1) is 12.8 Å². The Morgan fingerprint density at radius 1 is 1.08 bits per heavy atom. The van der Waals surface area contributed by atoms with E-state index in [-0.39, 0.29) is 43.1 Å². The number of carbonyl (C=O) groups excluding carboxylic acids is 3. The normalized spacial score (nSPS) is 17.8. The number of benzene rings is 2. The van der Waals surface area contributed by atoms with Gasteiger partial charge in [0, 0.05) is 62.7 Å². The SMILES string of the molecule is Cc1ncsc1-c1ccc(CNC(=O)C2CC(O)CN2C(=O)[C@H](C(C)C)N2Cc3ccccc3C2=O)c(OCCCOCCOCCCCl)c1.